The van der Waals surface area contributed by atoms with Crippen molar-refractivity contribution in [3.8, 4) is 5.40 Å². The molecule has 2 aromatic carbocycles. The van der Waals surface area contributed by atoms with Crippen LogP contribution >= 0.6 is 35.0 Å². The SMILES string of the molecule is N#CSc1ccc(NC(=O)C(=O)Nc2c(Cl)cccc2Cl)cc1. The smallest absolute Gasteiger partial charge is 0.314 e. The summed E-state index contributed by atoms with van der Waals surface area (Å²) in [5.41, 5.74) is 0.606. The van der Waals surface area contributed by atoms with Crippen LogP contribution in [0.5, 0.6) is 0 Å². The van der Waals surface area contributed by atoms with Crippen LogP contribution in [-0.4, -0.2) is 11.8 Å². The zero-order valence-corrected chi connectivity index (χ0v) is 13.8. The van der Waals surface area contributed by atoms with Crippen LogP contribution in [0.4, 0.5) is 11.4 Å². The summed E-state index contributed by atoms with van der Waals surface area (Å²) in [6, 6.07) is 11.2. The molecular weight excluding hydrogens is 357 g/mol. The Balaban J connectivity index is 2.03. The van der Waals surface area contributed by atoms with Crippen molar-refractivity contribution in [2.75, 3.05) is 10.6 Å². The highest BCUT2D eigenvalue weighted by Gasteiger charge is 2.17. The van der Waals surface area contributed by atoms with Crippen molar-refractivity contribution >= 4 is 58.2 Å². The number of nitrogens with zero attached hydrogens (tertiary/aromatic N) is 1. The number of nitrogens with one attached hydrogen (secondary N) is 2. The van der Waals surface area contributed by atoms with Crippen molar-refractivity contribution < 1.29 is 9.59 Å². The molecule has 2 amide bonds. The van der Waals surface area contributed by atoms with Crippen LogP contribution in [0.2, 0.25) is 10.0 Å². The minimum Gasteiger partial charge on any atom is -0.318 e. The molecule has 0 atom stereocenters. The first-order chi connectivity index (χ1) is 11.0. The van der Waals surface area contributed by atoms with E-state index in [4.69, 9.17) is 28.5 Å². The number of thioether (sulfide) groups is 1. The lowest BCUT2D eigenvalue weighted by Crippen LogP contribution is -2.29. The van der Waals surface area contributed by atoms with Crippen molar-refractivity contribution in [1.29, 1.82) is 5.26 Å². The molecule has 0 fully saturated rings. The fourth-order valence-corrected chi connectivity index (χ4v) is 2.50. The maximum absolute atomic E-state index is 11.9. The van der Waals surface area contributed by atoms with Crippen LogP contribution < -0.4 is 10.6 Å². The summed E-state index contributed by atoms with van der Waals surface area (Å²) in [7, 11) is 0. The van der Waals surface area contributed by atoms with Crippen molar-refractivity contribution in [3.63, 3.8) is 0 Å². The van der Waals surface area contributed by atoms with Crippen LogP contribution in [-0.2, 0) is 9.59 Å². The van der Waals surface area contributed by atoms with Crippen LogP contribution in [0.1, 0.15) is 0 Å². The molecule has 2 rings (SSSR count). The van der Waals surface area contributed by atoms with E-state index in [9.17, 15) is 9.59 Å². The first-order valence-electron chi connectivity index (χ1n) is 6.23. The zero-order chi connectivity index (χ0) is 16.8. The molecule has 0 aliphatic carbocycles. The molecule has 23 heavy (non-hydrogen) atoms. The van der Waals surface area contributed by atoms with E-state index in [2.05, 4.69) is 10.6 Å². The number of anilines is 2. The number of halogens is 2. The number of carbonyl (C=O) groups excluding carboxylic acids is 2. The van der Waals surface area contributed by atoms with E-state index in [1.807, 2.05) is 5.40 Å². The van der Waals surface area contributed by atoms with Gasteiger partial charge in [-0.3, -0.25) is 9.59 Å². The van der Waals surface area contributed by atoms with Gasteiger partial charge in [0.2, 0.25) is 0 Å². The molecule has 0 aliphatic heterocycles. The summed E-state index contributed by atoms with van der Waals surface area (Å²) in [5, 5.41) is 15.8. The van der Waals surface area contributed by atoms with Gasteiger partial charge in [-0.15, -0.1) is 0 Å². The minimum atomic E-state index is -0.893. The average molecular weight is 366 g/mol. The molecule has 0 saturated carbocycles. The molecule has 2 N–H and O–H groups in total. The van der Waals surface area contributed by atoms with Gasteiger partial charge in [0, 0.05) is 10.6 Å². The Labute approximate surface area is 146 Å². The van der Waals surface area contributed by atoms with Crippen molar-refractivity contribution in [2.45, 2.75) is 4.90 Å². The standard InChI is InChI=1S/C15H9Cl2N3O2S/c16-11-2-1-3-12(17)13(11)20-15(22)14(21)19-9-4-6-10(7-5-9)23-8-18/h1-7H,(H,19,21)(H,20,22). The Bertz CT molecular complexity index is 768. The molecule has 0 spiro atoms. The number of benzene rings is 2. The summed E-state index contributed by atoms with van der Waals surface area (Å²) in [4.78, 5) is 24.5. The molecule has 5 nitrogen and oxygen atoms in total. The summed E-state index contributed by atoms with van der Waals surface area (Å²) in [6.45, 7) is 0. The average Bonchev–Trinajstić information content (AvgIpc) is 2.53. The van der Waals surface area contributed by atoms with Crippen LogP contribution in [0.25, 0.3) is 0 Å². The van der Waals surface area contributed by atoms with E-state index in [0.29, 0.717) is 5.69 Å². The van der Waals surface area contributed by atoms with Crippen molar-refractivity contribution in [2.24, 2.45) is 0 Å². The van der Waals surface area contributed by atoms with Gasteiger partial charge in [0.15, 0.2) is 0 Å². The highest BCUT2D eigenvalue weighted by molar-refractivity contribution is 8.03. The first-order valence-corrected chi connectivity index (χ1v) is 7.81. The number of para-hydroxylation sites is 1. The highest BCUT2D eigenvalue weighted by Crippen LogP contribution is 2.29. The van der Waals surface area contributed by atoms with Gasteiger partial charge in [0.05, 0.1) is 15.7 Å². The topological polar surface area (TPSA) is 82.0 Å². The lowest BCUT2D eigenvalue weighted by Gasteiger charge is -2.09. The number of amides is 2. The summed E-state index contributed by atoms with van der Waals surface area (Å²) < 4.78 is 0. The molecule has 0 aliphatic rings. The number of nitriles is 1. The van der Waals surface area contributed by atoms with Crippen LogP contribution in [0, 0.1) is 10.7 Å². The monoisotopic (exact) mass is 365 g/mol. The third-order valence-corrected chi connectivity index (χ3v) is 3.91. The normalized spacial score (nSPS) is 9.78. The summed E-state index contributed by atoms with van der Waals surface area (Å²) in [6.07, 6.45) is 0. The predicted octanol–water partition coefficient (Wildman–Crippen LogP) is 4.14. The Morgan fingerprint density at radius 2 is 1.52 bits per heavy atom. The Hall–Kier alpha value is -2.20. The fraction of sp³-hybridized carbons (Fsp3) is 0. The first kappa shape index (κ1) is 17.2. The van der Waals surface area contributed by atoms with Crippen LogP contribution in [0.15, 0.2) is 47.4 Å². The van der Waals surface area contributed by atoms with Gasteiger partial charge in [-0.25, -0.2) is 0 Å². The molecule has 2 aromatic rings. The molecule has 0 saturated heterocycles. The maximum atomic E-state index is 11.9. The zero-order valence-electron chi connectivity index (χ0n) is 11.5. The van der Waals surface area contributed by atoms with E-state index >= 15 is 0 Å². The highest BCUT2D eigenvalue weighted by atomic mass is 35.5. The Morgan fingerprint density at radius 3 is 2.09 bits per heavy atom. The van der Waals surface area contributed by atoms with Gasteiger partial charge in [0.1, 0.15) is 5.40 Å². The Morgan fingerprint density at radius 1 is 0.957 bits per heavy atom. The molecule has 0 aromatic heterocycles. The molecular formula is C15H9Cl2N3O2S. The van der Waals surface area contributed by atoms with E-state index in [1.165, 1.54) is 0 Å². The van der Waals surface area contributed by atoms with Crippen molar-refractivity contribution in [1.82, 2.24) is 0 Å². The second kappa shape index (κ2) is 7.88. The number of rotatable bonds is 3. The summed E-state index contributed by atoms with van der Waals surface area (Å²) in [5.74, 6) is -1.75. The Kier molecular flexibility index (Phi) is 5.88. The summed E-state index contributed by atoms with van der Waals surface area (Å²) >= 11 is 12.9. The van der Waals surface area contributed by atoms with E-state index in [-0.39, 0.29) is 15.7 Å². The molecule has 8 heteroatoms. The molecule has 0 unspecified atom stereocenters. The van der Waals surface area contributed by atoms with Crippen LogP contribution in [0.3, 0.4) is 0 Å². The second-order valence-corrected chi connectivity index (χ2v) is 5.90. The van der Waals surface area contributed by atoms with Gasteiger partial charge in [0.25, 0.3) is 0 Å². The molecule has 116 valence electrons. The minimum absolute atomic E-state index is 0.178. The molecule has 0 radical (unpaired) electrons. The van der Waals surface area contributed by atoms with E-state index in [1.54, 1.807) is 42.5 Å². The van der Waals surface area contributed by atoms with Gasteiger partial charge < -0.3 is 10.6 Å². The quantitative estimate of drug-likeness (QED) is 0.486. The lowest BCUT2D eigenvalue weighted by atomic mass is 10.3. The fourth-order valence-electron chi connectivity index (χ4n) is 1.63. The van der Waals surface area contributed by atoms with Gasteiger partial charge in [-0.2, -0.15) is 5.26 Å². The lowest BCUT2D eigenvalue weighted by molar-refractivity contribution is -0.132. The number of hydrogen-bond acceptors (Lipinski definition) is 4. The van der Waals surface area contributed by atoms with E-state index < -0.39 is 11.8 Å². The van der Waals surface area contributed by atoms with Gasteiger partial charge >= 0.3 is 11.8 Å². The second-order valence-electron chi connectivity index (χ2n) is 4.22. The van der Waals surface area contributed by atoms with Crippen molar-refractivity contribution in [3.05, 3.63) is 52.5 Å². The third-order valence-electron chi connectivity index (χ3n) is 2.68. The van der Waals surface area contributed by atoms with Gasteiger partial charge in [-0.05, 0) is 48.2 Å². The number of carbonyl (C=O) groups is 2. The number of hydrogen-bond donors (Lipinski definition) is 2. The number of thiocyanates is 1. The van der Waals surface area contributed by atoms with E-state index in [0.717, 1.165) is 16.7 Å². The predicted molar refractivity (Wildman–Crippen MR) is 91.6 cm³/mol. The third kappa shape index (κ3) is 4.63. The van der Waals surface area contributed by atoms with Gasteiger partial charge in [-0.1, -0.05) is 29.3 Å². The maximum Gasteiger partial charge on any atom is 0.314 e. The largest absolute Gasteiger partial charge is 0.318 e. The molecule has 0 bridgehead atoms. The molecule has 0 heterocycles.